The lowest BCUT2D eigenvalue weighted by Crippen LogP contribution is -2.37. The van der Waals surface area contributed by atoms with Crippen LogP contribution in [0, 0.1) is 17.2 Å². The first-order valence-electron chi connectivity index (χ1n) is 6.44. The Kier molecular flexibility index (Phi) is 2.88. The van der Waals surface area contributed by atoms with E-state index in [2.05, 4.69) is 21.4 Å². The molecule has 0 amide bonds. The molecule has 18 heavy (non-hydrogen) atoms. The second kappa shape index (κ2) is 4.54. The summed E-state index contributed by atoms with van der Waals surface area (Å²) in [5.41, 5.74) is 1.36. The molecule has 1 aromatic heterocycles. The molecule has 2 aliphatic rings. The van der Waals surface area contributed by atoms with Gasteiger partial charge in [0.05, 0.1) is 11.9 Å². The van der Waals surface area contributed by atoms with E-state index in [1.807, 2.05) is 0 Å². The second-order valence-corrected chi connectivity index (χ2v) is 5.24. The van der Waals surface area contributed by atoms with Gasteiger partial charge >= 0.3 is 0 Å². The summed E-state index contributed by atoms with van der Waals surface area (Å²) in [5.74, 6) is 1.55. The van der Waals surface area contributed by atoms with Crippen LogP contribution in [0.25, 0.3) is 0 Å². The molecule has 0 radical (unpaired) electrons. The number of hydrogen-bond donors (Lipinski definition) is 2. The van der Waals surface area contributed by atoms with Crippen LogP contribution >= 0.6 is 0 Å². The normalized spacial score (nSPS) is 26.2. The molecule has 2 aliphatic carbocycles. The van der Waals surface area contributed by atoms with E-state index in [0.29, 0.717) is 29.4 Å². The van der Waals surface area contributed by atoms with Crippen molar-refractivity contribution in [2.24, 2.45) is 5.92 Å². The standard InChI is InChI=1S/C13H16N4O/c14-5-11-13(16-10-3-8(4-10)7-18)17-12(6-15-11)9-1-2-9/h6,8-10,18H,1-4,7H2,(H,16,17)/t8-,10-. The molecule has 3 rings (SSSR count). The Bertz CT molecular complexity index is 486. The van der Waals surface area contributed by atoms with Crippen molar-refractivity contribution in [3.63, 3.8) is 0 Å². The zero-order valence-corrected chi connectivity index (χ0v) is 10.1. The Morgan fingerprint density at radius 3 is 2.83 bits per heavy atom. The Morgan fingerprint density at radius 1 is 1.44 bits per heavy atom. The average molecular weight is 244 g/mol. The van der Waals surface area contributed by atoms with E-state index >= 15 is 0 Å². The number of anilines is 1. The van der Waals surface area contributed by atoms with Crippen molar-refractivity contribution in [3.8, 4) is 6.07 Å². The summed E-state index contributed by atoms with van der Waals surface area (Å²) in [6.07, 6.45) is 5.96. The number of aliphatic hydroxyl groups excluding tert-OH is 1. The minimum atomic E-state index is 0.247. The number of nitriles is 1. The molecule has 0 unspecified atom stereocenters. The SMILES string of the molecule is N#Cc1ncc(C2CC2)nc1N[C@H]1C[C@H](CO)C1. The molecule has 0 bridgehead atoms. The predicted molar refractivity (Wildman–Crippen MR) is 65.9 cm³/mol. The highest BCUT2D eigenvalue weighted by molar-refractivity contribution is 5.49. The Balaban J connectivity index is 1.73. The van der Waals surface area contributed by atoms with Crippen LogP contribution in [0.3, 0.4) is 0 Å². The van der Waals surface area contributed by atoms with E-state index in [1.165, 1.54) is 12.8 Å². The molecule has 94 valence electrons. The zero-order chi connectivity index (χ0) is 12.5. The number of aromatic nitrogens is 2. The van der Waals surface area contributed by atoms with E-state index in [9.17, 15) is 0 Å². The van der Waals surface area contributed by atoms with E-state index < -0.39 is 0 Å². The zero-order valence-electron chi connectivity index (χ0n) is 10.1. The van der Waals surface area contributed by atoms with Gasteiger partial charge in [-0.25, -0.2) is 9.97 Å². The fourth-order valence-electron chi connectivity index (χ4n) is 2.36. The Morgan fingerprint density at radius 2 is 2.22 bits per heavy atom. The minimum Gasteiger partial charge on any atom is -0.396 e. The van der Waals surface area contributed by atoms with Crippen LogP contribution in [0.15, 0.2) is 6.20 Å². The van der Waals surface area contributed by atoms with Gasteiger partial charge in [-0.1, -0.05) is 0 Å². The first-order chi connectivity index (χ1) is 8.80. The molecular weight excluding hydrogens is 228 g/mol. The van der Waals surface area contributed by atoms with Crippen molar-refractivity contribution < 1.29 is 5.11 Å². The van der Waals surface area contributed by atoms with Crippen LogP contribution in [0.5, 0.6) is 0 Å². The quantitative estimate of drug-likeness (QED) is 0.836. The average Bonchev–Trinajstić information content (AvgIpc) is 3.17. The highest BCUT2D eigenvalue weighted by atomic mass is 16.3. The van der Waals surface area contributed by atoms with Crippen molar-refractivity contribution in [1.29, 1.82) is 5.26 Å². The third-order valence-corrected chi connectivity index (χ3v) is 3.73. The van der Waals surface area contributed by atoms with Gasteiger partial charge in [0.15, 0.2) is 11.5 Å². The summed E-state index contributed by atoms with van der Waals surface area (Å²) in [5, 5.41) is 21.3. The number of nitrogens with one attached hydrogen (secondary N) is 1. The fraction of sp³-hybridized carbons (Fsp3) is 0.615. The third-order valence-electron chi connectivity index (χ3n) is 3.73. The first kappa shape index (κ1) is 11.4. The van der Waals surface area contributed by atoms with E-state index in [0.717, 1.165) is 18.5 Å². The summed E-state index contributed by atoms with van der Waals surface area (Å²) in [7, 11) is 0. The van der Waals surface area contributed by atoms with Crippen molar-refractivity contribution in [1.82, 2.24) is 9.97 Å². The maximum absolute atomic E-state index is 9.03. The Labute approximate surface area is 106 Å². The van der Waals surface area contributed by atoms with Gasteiger partial charge in [0, 0.05) is 18.6 Å². The van der Waals surface area contributed by atoms with Crippen molar-refractivity contribution in [2.45, 2.75) is 37.6 Å². The van der Waals surface area contributed by atoms with Gasteiger partial charge in [0.25, 0.3) is 0 Å². The molecule has 5 nitrogen and oxygen atoms in total. The molecule has 0 saturated heterocycles. The summed E-state index contributed by atoms with van der Waals surface area (Å²) < 4.78 is 0. The Hall–Kier alpha value is -1.67. The summed E-state index contributed by atoms with van der Waals surface area (Å²) in [6, 6.07) is 2.39. The summed E-state index contributed by atoms with van der Waals surface area (Å²) >= 11 is 0. The highest BCUT2D eigenvalue weighted by Crippen LogP contribution is 2.39. The lowest BCUT2D eigenvalue weighted by molar-refractivity contribution is 0.151. The molecule has 0 aromatic carbocycles. The number of aliphatic hydroxyl groups is 1. The summed E-state index contributed by atoms with van der Waals surface area (Å²) in [6.45, 7) is 0.247. The molecule has 2 fully saturated rings. The third kappa shape index (κ3) is 2.16. The van der Waals surface area contributed by atoms with Crippen LogP contribution in [-0.4, -0.2) is 27.7 Å². The summed E-state index contributed by atoms with van der Waals surface area (Å²) in [4.78, 5) is 8.69. The highest BCUT2D eigenvalue weighted by Gasteiger charge is 2.30. The molecule has 0 aliphatic heterocycles. The molecule has 2 N–H and O–H groups in total. The van der Waals surface area contributed by atoms with Crippen molar-refractivity contribution in [2.75, 3.05) is 11.9 Å². The second-order valence-electron chi connectivity index (χ2n) is 5.24. The van der Waals surface area contributed by atoms with Crippen LogP contribution in [-0.2, 0) is 0 Å². The molecule has 1 heterocycles. The number of nitrogens with zero attached hydrogens (tertiary/aromatic N) is 3. The lowest BCUT2D eigenvalue weighted by atomic mass is 9.81. The molecule has 2 saturated carbocycles. The number of rotatable bonds is 4. The molecule has 0 atom stereocenters. The largest absolute Gasteiger partial charge is 0.396 e. The van der Waals surface area contributed by atoms with Crippen LogP contribution in [0.1, 0.15) is 43.0 Å². The molecule has 1 aromatic rings. The maximum atomic E-state index is 9.03. The van der Waals surface area contributed by atoms with Crippen molar-refractivity contribution in [3.05, 3.63) is 17.6 Å². The van der Waals surface area contributed by atoms with E-state index in [1.54, 1.807) is 6.20 Å². The van der Waals surface area contributed by atoms with Gasteiger partial charge in [-0.3, -0.25) is 0 Å². The topological polar surface area (TPSA) is 81.8 Å². The molecule has 5 heteroatoms. The van der Waals surface area contributed by atoms with Gasteiger partial charge in [-0.15, -0.1) is 0 Å². The van der Waals surface area contributed by atoms with Crippen molar-refractivity contribution >= 4 is 5.82 Å². The molecule has 0 spiro atoms. The van der Waals surface area contributed by atoms with Gasteiger partial charge in [-0.2, -0.15) is 5.26 Å². The fourth-order valence-corrected chi connectivity index (χ4v) is 2.36. The lowest BCUT2D eigenvalue weighted by Gasteiger charge is -2.35. The van der Waals surface area contributed by atoms with Gasteiger partial charge < -0.3 is 10.4 Å². The van der Waals surface area contributed by atoms with Crippen LogP contribution in [0.2, 0.25) is 0 Å². The van der Waals surface area contributed by atoms with E-state index in [4.69, 9.17) is 10.4 Å². The number of hydrogen-bond acceptors (Lipinski definition) is 5. The van der Waals surface area contributed by atoms with Gasteiger partial charge in [0.1, 0.15) is 6.07 Å². The van der Waals surface area contributed by atoms with Crippen LogP contribution in [0.4, 0.5) is 5.82 Å². The molecular formula is C13H16N4O. The van der Waals surface area contributed by atoms with Gasteiger partial charge in [0.2, 0.25) is 0 Å². The predicted octanol–water partition coefficient (Wildman–Crippen LogP) is 1.41. The maximum Gasteiger partial charge on any atom is 0.183 e. The van der Waals surface area contributed by atoms with E-state index in [-0.39, 0.29) is 6.61 Å². The van der Waals surface area contributed by atoms with Crippen LogP contribution < -0.4 is 5.32 Å². The minimum absolute atomic E-state index is 0.247. The van der Waals surface area contributed by atoms with Gasteiger partial charge in [-0.05, 0) is 31.6 Å². The first-order valence-corrected chi connectivity index (χ1v) is 6.44. The smallest absolute Gasteiger partial charge is 0.183 e. The monoisotopic (exact) mass is 244 g/mol.